The van der Waals surface area contributed by atoms with Crippen LogP contribution in [-0.2, 0) is 22.3 Å². The summed E-state index contributed by atoms with van der Waals surface area (Å²) in [5.74, 6) is 0.261. The number of nitriles is 1. The molecular formula is C18H19N5O3. The lowest BCUT2D eigenvalue weighted by atomic mass is 9.91. The van der Waals surface area contributed by atoms with E-state index in [9.17, 15) is 9.59 Å². The number of imide groups is 1. The zero-order valence-corrected chi connectivity index (χ0v) is 15.0. The van der Waals surface area contributed by atoms with Gasteiger partial charge in [0, 0.05) is 5.41 Å². The second-order valence-electron chi connectivity index (χ2n) is 7.40. The molecule has 1 fully saturated rings. The molecule has 0 aliphatic carbocycles. The van der Waals surface area contributed by atoms with Crippen LogP contribution in [0.3, 0.4) is 0 Å². The minimum Gasteiger partial charge on any atom is -0.339 e. The highest BCUT2D eigenvalue weighted by Gasteiger charge is 2.49. The van der Waals surface area contributed by atoms with Gasteiger partial charge in [-0.3, -0.25) is 9.69 Å². The van der Waals surface area contributed by atoms with E-state index in [-0.39, 0.29) is 17.8 Å². The van der Waals surface area contributed by atoms with E-state index in [1.165, 1.54) is 0 Å². The van der Waals surface area contributed by atoms with Gasteiger partial charge in [0.05, 0.1) is 18.2 Å². The maximum atomic E-state index is 12.9. The Morgan fingerprint density at radius 2 is 2.08 bits per heavy atom. The third-order valence-electron chi connectivity index (χ3n) is 4.25. The van der Waals surface area contributed by atoms with E-state index in [0.717, 1.165) is 4.90 Å². The number of carbonyl (C=O) groups is 2. The fourth-order valence-corrected chi connectivity index (χ4v) is 2.70. The van der Waals surface area contributed by atoms with Gasteiger partial charge in [-0.05, 0) is 24.6 Å². The molecule has 0 bridgehead atoms. The van der Waals surface area contributed by atoms with Gasteiger partial charge >= 0.3 is 6.03 Å². The van der Waals surface area contributed by atoms with Crippen LogP contribution < -0.4 is 5.32 Å². The summed E-state index contributed by atoms with van der Waals surface area (Å²) in [6, 6.07) is 8.10. The van der Waals surface area contributed by atoms with Crippen LogP contribution in [0.5, 0.6) is 0 Å². The minimum atomic E-state index is -1.25. The number of benzene rings is 1. The van der Waals surface area contributed by atoms with Gasteiger partial charge in [-0.15, -0.1) is 0 Å². The Hall–Kier alpha value is -3.21. The van der Waals surface area contributed by atoms with E-state index >= 15 is 0 Å². The van der Waals surface area contributed by atoms with Crippen molar-refractivity contribution in [2.75, 3.05) is 0 Å². The number of amides is 3. The molecule has 1 saturated heterocycles. The van der Waals surface area contributed by atoms with Crippen LogP contribution in [0.25, 0.3) is 0 Å². The largest absolute Gasteiger partial charge is 0.339 e. The molecule has 3 rings (SSSR count). The van der Waals surface area contributed by atoms with E-state index in [1.807, 2.05) is 26.8 Å². The zero-order valence-electron chi connectivity index (χ0n) is 15.0. The zero-order chi connectivity index (χ0) is 19.1. The van der Waals surface area contributed by atoms with Gasteiger partial charge in [-0.25, -0.2) is 4.79 Å². The van der Waals surface area contributed by atoms with Gasteiger partial charge in [0.1, 0.15) is 5.54 Å². The summed E-state index contributed by atoms with van der Waals surface area (Å²) in [6.07, 6.45) is 0. The standard InChI is InChI=1S/C18H19N5O3/c1-17(2,3)14-20-13(22-26-14)10-23-15(24)18(4,21-16(23)25)12-7-5-6-11(8-12)9-19/h5-8H,10H2,1-4H3,(H,21,25)/t18-/m0/s1. The molecule has 1 aromatic carbocycles. The Morgan fingerprint density at radius 1 is 1.35 bits per heavy atom. The molecule has 0 saturated carbocycles. The van der Waals surface area contributed by atoms with E-state index < -0.39 is 17.5 Å². The predicted octanol–water partition coefficient (Wildman–Crippen LogP) is 2.21. The molecule has 2 heterocycles. The fraction of sp³-hybridized carbons (Fsp3) is 0.389. The summed E-state index contributed by atoms with van der Waals surface area (Å²) in [5, 5.41) is 15.6. The highest BCUT2D eigenvalue weighted by Crippen LogP contribution is 2.30. The first-order valence-corrected chi connectivity index (χ1v) is 8.13. The van der Waals surface area contributed by atoms with E-state index in [2.05, 4.69) is 15.5 Å². The third kappa shape index (κ3) is 2.92. The summed E-state index contributed by atoms with van der Waals surface area (Å²) in [5.41, 5.74) is -0.618. The van der Waals surface area contributed by atoms with Crippen LogP contribution in [-0.4, -0.2) is 27.0 Å². The smallest absolute Gasteiger partial charge is 0.325 e. The molecule has 3 amide bonds. The van der Waals surface area contributed by atoms with Crippen molar-refractivity contribution in [3.8, 4) is 6.07 Å². The molecule has 8 heteroatoms. The molecule has 0 unspecified atom stereocenters. The molecule has 1 aromatic heterocycles. The average molecular weight is 353 g/mol. The van der Waals surface area contributed by atoms with E-state index in [0.29, 0.717) is 17.0 Å². The van der Waals surface area contributed by atoms with Crippen LogP contribution in [0.2, 0.25) is 0 Å². The molecule has 134 valence electrons. The van der Waals surface area contributed by atoms with Crippen LogP contribution in [0.4, 0.5) is 4.79 Å². The number of carbonyl (C=O) groups excluding carboxylic acids is 2. The van der Waals surface area contributed by atoms with E-state index in [4.69, 9.17) is 9.78 Å². The molecule has 26 heavy (non-hydrogen) atoms. The van der Waals surface area contributed by atoms with Crippen LogP contribution in [0.1, 0.15) is 50.5 Å². The molecule has 2 aromatic rings. The van der Waals surface area contributed by atoms with Crippen molar-refractivity contribution in [3.05, 3.63) is 47.1 Å². The van der Waals surface area contributed by atoms with Crippen molar-refractivity contribution < 1.29 is 14.1 Å². The molecule has 1 atom stereocenters. The first-order chi connectivity index (χ1) is 12.1. The van der Waals surface area contributed by atoms with Gasteiger partial charge in [0.15, 0.2) is 5.82 Å². The highest BCUT2D eigenvalue weighted by molar-refractivity contribution is 6.07. The molecule has 1 aliphatic rings. The van der Waals surface area contributed by atoms with Gasteiger partial charge in [0.25, 0.3) is 5.91 Å². The van der Waals surface area contributed by atoms with Crippen molar-refractivity contribution in [1.29, 1.82) is 5.26 Å². The number of rotatable bonds is 3. The molecule has 1 aliphatic heterocycles. The summed E-state index contributed by atoms with van der Waals surface area (Å²) >= 11 is 0. The Kier molecular flexibility index (Phi) is 4.03. The van der Waals surface area contributed by atoms with Crippen molar-refractivity contribution in [3.63, 3.8) is 0 Å². The lowest BCUT2D eigenvalue weighted by Gasteiger charge is -2.22. The summed E-state index contributed by atoms with van der Waals surface area (Å²) in [6.45, 7) is 7.31. The van der Waals surface area contributed by atoms with Gasteiger partial charge < -0.3 is 9.84 Å². The number of nitrogens with one attached hydrogen (secondary N) is 1. The first kappa shape index (κ1) is 17.6. The predicted molar refractivity (Wildman–Crippen MR) is 90.6 cm³/mol. The summed E-state index contributed by atoms with van der Waals surface area (Å²) in [7, 11) is 0. The third-order valence-corrected chi connectivity index (χ3v) is 4.25. The first-order valence-electron chi connectivity index (χ1n) is 8.13. The van der Waals surface area contributed by atoms with Crippen molar-refractivity contribution in [1.82, 2.24) is 20.4 Å². The number of hydrogen-bond acceptors (Lipinski definition) is 6. The molecule has 1 N–H and O–H groups in total. The van der Waals surface area contributed by atoms with E-state index in [1.54, 1.807) is 31.2 Å². The minimum absolute atomic E-state index is 0.0855. The number of aromatic nitrogens is 2. The van der Waals surface area contributed by atoms with Crippen molar-refractivity contribution >= 4 is 11.9 Å². The normalized spacial score (nSPS) is 20.2. The number of hydrogen-bond donors (Lipinski definition) is 1. The Morgan fingerprint density at radius 3 is 2.69 bits per heavy atom. The number of nitrogens with zero attached hydrogens (tertiary/aromatic N) is 4. The SMILES string of the molecule is CC(C)(C)c1nc(CN2C(=O)N[C@@](C)(c3cccc(C#N)c3)C2=O)no1. The summed E-state index contributed by atoms with van der Waals surface area (Å²) < 4.78 is 5.21. The Balaban J connectivity index is 1.87. The molecular weight excluding hydrogens is 334 g/mol. The number of urea groups is 1. The van der Waals surface area contributed by atoms with Crippen LogP contribution >= 0.6 is 0 Å². The molecule has 8 nitrogen and oxygen atoms in total. The highest BCUT2D eigenvalue weighted by atomic mass is 16.5. The Bertz CT molecular complexity index is 921. The van der Waals surface area contributed by atoms with Crippen LogP contribution in [0, 0.1) is 11.3 Å². The quantitative estimate of drug-likeness (QED) is 0.847. The van der Waals surface area contributed by atoms with Crippen LogP contribution in [0.15, 0.2) is 28.8 Å². The second-order valence-corrected chi connectivity index (χ2v) is 7.40. The average Bonchev–Trinajstić information content (AvgIpc) is 3.15. The maximum absolute atomic E-state index is 12.9. The molecule has 0 radical (unpaired) electrons. The topological polar surface area (TPSA) is 112 Å². The molecule has 0 spiro atoms. The van der Waals surface area contributed by atoms with Crippen molar-refractivity contribution in [2.24, 2.45) is 0 Å². The van der Waals surface area contributed by atoms with Gasteiger partial charge in [-0.2, -0.15) is 10.2 Å². The lowest BCUT2D eigenvalue weighted by Crippen LogP contribution is -2.40. The lowest BCUT2D eigenvalue weighted by molar-refractivity contribution is -0.131. The fourth-order valence-electron chi connectivity index (χ4n) is 2.70. The monoisotopic (exact) mass is 353 g/mol. The van der Waals surface area contributed by atoms with Gasteiger partial charge in [0.2, 0.25) is 5.89 Å². The summed E-state index contributed by atoms with van der Waals surface area (Å²) in [4.78, 5) is 30.6. The van der Waals surface area contributed by atoms with Crippen molar-refractivity contribution in [2.45, 2.75) is 45.2 Å². The maximum Gasteiger partial charge on any atom is 0.325 e. The second kappa shape index (κ2) is 5.95. The Labute approximate surface area is 150 Å². The van der Waals surface area contributed by atoms with Gasteiger partial charge in [-0.1, -0.05) is 38.1 Å².